The van der Waals surface area contributed by atoms with Crippen molar-refractivity contribution in [3.8, 4) is 0 Å². The first-order valence-corrected chi connectivity index (χ1v) is 8.95. The van der Waals surface area contributed by atoms with Crippen LogP contribution in [0.1, 0.15) is 57.9 Å². The van der Waals surface area contributed by atoms with Gasteiger partial charge in [-0.2, -0.15) is 0 Å². The molecule has 3 atom stereocenters. The molecule has 0 amide bonds. The zero-order chi connectivity index (χ0) is 15.4. The fourth-order valence-electron chi connectivity index (χ4n) is 7.23. The van der Waals surface area contributed by atoms with Gasteiger partial charge in [-0.15, -0.1) is 0 Å². The van der Waals surface area contributed by atoms with Crippen LogP contribution in [0, 0.1) is 22.2 Å². The fourth-order valence-corrected chi connectivity index (χ4v) is 7.23. The average molecular weight is 298 g/mol. The Kier molecular flexibility index (Phi) is 3.22. The number of hydrogen-bond donors (Lipinski definition) is 2. The van der Waals surface area contributed by atoms with Gasteiger partial charge in [0.05, 0.1) is 0 Å². The van der Waals surface area contributed by atoms with E-state index >= 15 is 0 Å². The molecule has 5 rings (SSSR count). The molecule has 4 saturated carbocycles. The molecule has 2 nitrogen and oxygen atoms in total. The molecule has 4 aliphatic carbocycles. The van der Waals surface area contributed by atoms with Crippen LogP contribution in [0.3, 0.4) is 0 Å². The van der Waals surface area contributed by atoms with E-state index in [1.54, 1.807) is 0 Å². The van der Waals surface area contributed by atoms with Crippen LogP contribution in [0.15, 0.2) is 30.3 Å². The van der Waals surface area contributed by atoms with Crippen molar-refractivity contribution in [1.29, 1.82) is 0 Å². The van der Waals surface area contributed by atoms with E-state index in [1.165, 1.54) is 44.1 Å². The molecule has 0 aromatic heterocycles. The molecule has 3 N–H and O–H groups in total. The van der Waals surface area contributed by atoms with Crippen molar-refractivity contribution in [3.63, 3.8) is 0 Å². The van der Waals surface area contributed by atoms with E-state index in [2.05, 4.69) is 49.6 Å². The predicted molar refractivity (Wildman–Crippen MR) is 91.1 cm³/mol. The fraction of sp³-hybridized carbons (Fsp3) is 0.700. The summed E-state index contributed by atoms with van der Waals surface area (Å²) in [6.07, 6.45) is 9.53. The normalized spacial score (nSPS) is 44.2. The summed E-state index contributed by atoms with van der Waals surface area (Å²) in [5, 5.41) is 0. The lowest BCUT2D eigenvalue weighted by atomic mass is 9.39. The molecule has 0 spiro atoms. The molecular formula is C20H30N2. The van der Waals surface area contributed by atoms with Crippen LogP contribution in [0.5, 0.6) is 0 Å². The summed E-state index contributed by atoms with van der Waals surface area (Å²) in [4.78, 5) is 0. The quantitative estimate of drug-likeness (QED) is 0.650. The molecular weight excluding hydrogens is 268 g/mol. The van der Waals surface area contributed by atoms with Gasteiger partial charge in [0, 0.05) is 6.04 Å². The number of nitrogens with one attached hydrogen (secondary N) is 1. The first-order chi connectivity index (χ1) is 10.4. The zero-order valence-corrected chi connectivity index (χ0v) is 14.1. The number of hydrazine groups is 1. The number of hydrogen-bond acceptors (Lipinski definition) is 2. The predicted octanol–water partition coefficient (Wildman–Crippen LogP) is 4.06. The standard InChI is InChI=1S/C20H30N2/c1-18-9-16-10-19(2,12-18)14-20(11-16,13-18)17(22-21)8-15-6-4-3-5-7-15/h3-7,16-17,22H,8-14,21H2,1-2H3. The van der Waals surface area contributed by atoms with Crippen molar-refractivity contribution < 1.29 is 0 Å². The van der Waals surface area contributed by atoms with Crippen LogP contribution >= 0.6 is 0 Å². The Labute approximate surface area is 134 Å². The highest BCUT2D eigenvalue weighted by molar-refractivity contribution is 5.20. The van der Waals surface area contributed by atoms with Crippen LogP contribution in [-0.2, 0) is 6.42 Å². The number of nitrogens with two attached hydrogens (primary N) is 1. The number of benzene rings is 1. The first-order valence-electron chi connectivity index (χ1n) is 8.95. The van der Waals surface area contributed by atoms with Crippen molar-refractivity contribution in [2.45, 2.75) is 64.8 Å². The highest BCUT2D eigenvalue weighted by Gasteiger charge is 2.61. The molecule has 1 aromatic rings. The topological polar surface area (TPSA) is 38.0 Å². The summed E-state index contributed by atoms with van der Waals surface area (Å²) in [6, 6.07) is 11.3. The Morgan fingerprint density at radius 3 is 2.23 bits per heavy atom. The molecule has 2 heteroatoms. The third kappa shape index (κ3) is 2.32. The van der Waals surface area contributed by atoms with Gasteiger partial charge in [0.1, 0.15) is 0 Å². The lowest BCUT2D eigenvalue weighted by molar-refractivity contribution is -0.157. The van der Waals surface area contributed by atoms with Gasteiger partial charge in [-0.25, -0.2) is 0 Å². The Morgan fingerprint density at radius 2 is 1.68 bits per heavy atom. The van der Waals surface area contributed by atoms with Gasteiger partial charge in [-0.3, -0.25) is 11.3 Å². The summed E-state index contributed by atoms with van der Waals surface area (Å²) < 4.78 is 0. The zero-order valence-electron chi connectivity index (χ0n) is 14.1. The molecule has 0 heterocycles. The largest absolute Gasteiger partial charge is 0.271 e. The lowest BCUT2D eigenvalue weighted by Crippen LogP contribution is -2.62. The summed E-state index contributed by atoms with van der Waals surface area (Å²) in [6.45, 7) is 5.08. The molecule has 0 aliphatic heterocycles. The molecule has 22 heavy (non-hydrogen) atoms. The van der Waals surface area contributed by atoms with Gasteiger partial charge in [0.15, 0.2) is 0 Å². The maximum Gasteiger partial charge on any atom is 0.0307 e. The average Bonchev–Trinajstić information content (AvgIpc) is 2.41. The smallest absolute Gasteiger partial charge is 0.0307 e. The van der Waals surface area contributed by atoms with Crippen molar-refractivity contribution in [2.24, 2.45) is 28.0 Å². The van der Waals surface area contributed by atoms with E-state index in [0.29, 0.717) is 22.3 Å². The SMILES string of the molecule is CC12CC3CC(C)(C1)CC(C(Cc1ccccc1)NN)(C3)C2. The maximum atomic E-state index is 6.08. The van der Waals surface area contributed by atoms with Crippen molar-refractivity contribution in [1.82, 2.24) is 5.43 Å². The minimum absolute atomic E-state index is 0.410. The minimum atomic E-state index is 0.410. The lowest BCUT2D eigenvalue weighted by Gasteiger charge is -2.67. The summed E-state index contributed by atoms with van der Waals surface area (Å²) in [5.74, 6) is 7.01. The Hall–Kier alpha value is -0.860. The summed E-state index contributed by atoms with van der Waals surface area (Å²) in [7, 11) is 0. The molecule has 4 fully saturated rings. The van der Waals surface area contributed by atoms with Crippen molar-refractivity contribution >= 4 is 0 Å². The molecule has 4 aliphatic rings. The first kappa shape index (κ1) is 14.7. The monoisotopic (exact) mass is 298 g/mol. The highest BCUT2D eigenvalue weighted by Crippen LogP contribution is 2.70. The number of rotatable bonds is 4. The van der Waals surface area contributed by atoms with Crippen LogP contribution in [0.2, 0.25) is 0 Å². The summed E-state index contributed by atoms with van der Waals surface area (Å²) >= 11 is 0. The van der Waals surface area contributed by atoms with Gasteiger partial charge in [-0.1, -0.05) is 44.2 Å². The van der Waals surface area contributed by atoms with Crippen LogP contribution < -0.4 is 11.3 Å². The third-order valence-electron chi connectivity index (χ3n) is 6.89. The van der Waals surface area contributed by atoms with Crippen LogP contribution in [-0.4, -0.2) is 6.04 Å². The van der Waals surface area contributed by atoms with Gasteiger partial charge in [-0.05, 0) is 72.7 Å². The second-order valence-corrected chi connectivity index (χ2v) is 9.40. The molecule has 4 bridgehead atoms. The van der Waals surface area contributed by atoms with E-state index in [1.807, 2.05) is 0 Å². The molecule has 3 unspecified atom stereocenters. The van der Waals surface area contributed by atoms with E-state index < -0.39 is 0 Å². The van der Waals surface area contributed by atoms with Crippen LogP contribution in [0.4, 0.5) is 0 Å². The van der Waals surface area contributed by atoms with Gasteiger partial charge >= 0.3 is 0 Å². The summed E-state index contributed by atoms with van der Waals surface area (Å²) in [5.41, 5.74) is 6.18. The maximum absolute atomic E-state index is 6.08. The minimum Gasteiger partial charge on any atom is -0.271 e. The Morgan fingerprint density at radius 1 is 1.05 bits per heavy atom. The molecule has 120 valence electrons. The van der Waals surface area contributed by atoms with E-state index in [9.17, 15) is 0 Å². The highest BCUT2D eigenvalue weighted by atomic mass is 15.2. The molecule has 1 aromatic carbocycles. The van der Waals surface area contributed by atoms with E-state index in [-0.39, 0.29) is 0 Å². The van der Waals surface area contributed by atoms with Gasteiger partial charge in [0.2, 0.25) is 0 Å². The Bertz CT molecular complexity index is 534. The van der Waals surface area contributed by atoms with Crippen LogP contribution in [0.25, 0.3) is 0 Å². The van der Waals surface area contributed by atoms with Gasteiger partial charge < -0.3 is 0 Å². The third-order valence-corrected chi connectivity index (χ3v) is 6.89. The molecule has 0 radical (unpaired) electrons. The Balaban J connectivity index is 1.65. The van der Waals surface area contributed by atoms with E-state index in [4.69, 9.17) is 5.84 Å². The second kappa shape index (κ2) is 4.82. The van der Waals surface area contributed by atoms with Crippen molar-refractivity contribution in [2.75, 3.05) is 0 Å². The van der Waals surface area contributed by atoms with Gasteiger partial charge in [0.25, 0.3) is 0 Å². The molecule has 0 saturated heterocycles. The van der Waals surface area contributed by atoms with Crippen molar-refractivity contribution in [3.05, 3.63) is 35.9 Å². The second-order valence-electron chi connectivity index (χ2n) is 9.40. The van der Waals surface area contributed by atoms with E-state index in [0.717, 1.165) is 12.3 Å².